The highest BCUT2D eigenvalue weighted by molar-refractivity contribution is 5.65. The number of unbranched alkanes of at least 4 members (excludes halogenated alkanes) is 2. The molecular formula is C14H22O3. The number of carbonyl (C=O) groups excluding carboxylic acids is 2. The Hall–Kier alpha value is -1.34. The van der Waals surface area contributed by atoms with Gasteiger partial charge < -0.3 is 4.74 Å². The van der Waals surface area contributed by atoms with Gasteiger partial charge in [0, 0.05) is 12.5 Å². The highest BCUT2D eigenvalue weighted by atomic mass is 16.5. The molecule has 0 heterocycles. The van der Waals surface area contributed by atoms with Gasteiger partial charge >= 0.3 is 5.97 Å². The highest BCUT2D eigenvalue weighted by Crippen LogP contribution is 2.26. The molecule has 1 aliphatic carbocycles. The van der Waals surface area contributed by atoms with Crippen LogP contribution >= 0.6 is 0 Å². The van der Waals surface area contributed by atoms with Gasteiger partial charge in [-0.2, -0.15) is 0 Å². The fourth-order valence-corrected chi connectivity index (χ4v) is 1.61. The molecule has 0 N–H and O–H groups in total. The molecule has 0 aromatic carbocycles. The van der Waals surface area contributed by atoms with E-state index >= 15 is 0 Å². The molecule has 0 amide bonds. The number of hydrogen-bond acceptors (Lipinski definition) is 3. The van der Waals surface area contributed by atoms with Crippen molar-refractivity contribution in [1.29, 1.82) is 0 Å². The number of carbonyl (C=O) groups is 1. The van der Waals surface area contributed by atoms with Crippen molar-refractivity contribution in [3.05, 3.63) is 17.2 Å². The number of esters is 1. The maximum atomic E-state index is 10.4. The number of ether oxygens (including phenoxy) is 1. The van der Waals surface area contributed by atoms with Gasteiger partial charge in [0.1, 0.15) is 5.94 Å². The van der Waals surface area contributed by atoms with Crippen molar-refractivity contribution in [2.75, 3.05) is 7.11 Å². The van der Waals surface area contributed by atoms with Crippen LogP contribution in [0.2, 0.25) is 0 Å². The van der Waals surface area contributed by atoms with Crippen LogP contribution in [0.5, 0.6) is 0 Å². The Labute approximate surface area is 104 Å². The summed E-state index contributed by atoms with van der Waals surface area (Å²) in [6.45, 7) is 3.56. The second-order valence-corrected chi connectivity index (χ2v) is 4.00. The van der Waals surface area contributed by atoms with Crippen LogP contribution in [0.4, 0.5) is 0 Å². The molecule has 3 heteroatoms. The molecule has 0 atom stereocenters. The standard InChI is InChI=1S/C11H16O.C3H6O2/c1-2-3-4-6-10-7-5-8-11(10)9-12;1-3(4)5-2/h7H,2-6,8H2,1H3;1-2H3. The van der Waals surface area contributed by atoms with E-state index in [0.717, 1.165) is 24.8 Å². The van der Waals surface area contributed by atoms with Crippen LogP contribution < -0.4 is 0 Å². The van der Waals surface area contributed by atoms with Gasteiger partial charge in [-0.25, -0.2) is 4.79 Å². The first-order valence-electron chi connectivity index (χ1n) is 6.13. The lowest BCUT2D eigenvalue weighted by molar-refractivity contribution is -0.137. The van der Waals surface area contributed by atoms with Crippen molar-refractivity contribution in [1.82, 2.24) is 0 Å². The molecule has 0 bridgehead atoms. The fraction of sp³-hybridized carbons (Fsp3) is 0.643. The summed E-state index contributed by atoms with van der Waals surface area (Å²) in [6.07, 6.45) is 8.97. The quantitative estimate of drug-likeness (QED) is 0.429. The van der Waals surface area contributed by atoms with Crippen LogP contribution in [-0.4, -0.2) is 19.0 Å². The molecule has 1 aliphatic rings. The monoisotopic (exact) mass is 238 g/mol. The lowest BCUT2D eigenvalue weighted by Crippen LogP contribution is -1.88. The van der Waals surface area contributed by atoms with Crippen LogP contribution in [0.3, 0.4) is 0 Å². The largest absolute Gasteiger partial charge is 0.469 e. The molecule has 0 radical (unpaired) electrons. The van der Waals surface area contributed by atoms with Crippen molar-refractivity contribution < 1.29 is 14.3 Å². The highest BCUT2D eigenvalue weighted by Gasteiger charge is 2.11. The minimum atomic E-state index is -0.245. The predicted molar refractivity (Wildman–Crippen MR) is 68.4 cm³/mol. The van der Waals surface area contributed by atoms with Crippen LogP contribution in [-0.2, 0) is 14.3 Å². The maximum absolute atomic E-state index is 10.4. The molecule has 0 aromatic heterocycles. The first-order chi connectivity index (χ1) is 8.15. The Morgan fingerprint density at radius 1 is 1.47 bits per heavy atom. The summed E-state index contributed by atoms with van der Waals surface area (Å²) in [5.74, 6) is 1.79. The van der Waals surface area contributed by atoms with Crippen LogP contribution in [0.15, 0.2) is 17.2 Å². The van der Waals surface area contributed by atoms with Crippen molar-refractivity contribution >= 4 is 11.9 Å². The summed E-state index contributed by atoms with van der Waals surface area (Å²) < 4.78 is 4.11. The zero-order chi connectivity index (χ0) is 13.1. The van der Waals surface area contributed by atoms with Gasteiger partial charge in [-0.15, -0.1) is 0 Å². The van der Waals surface area contributed by atoms with Crippen LogP contribution in [0.25, 0.3) is 0 Å². The molecule has 17 heavy (non-hydrogen) atoms. The van der Waals surface area contributed by atoms with E-state index < -0.39 is 0 Å². The SMILES string of the molecule is CCCCCC1=CCCC1=C=O.COC(C)=O. The van der Waals surface area contributed by atoms with Gasteiger partial charge in [-0.3, -0.25) is 4.79 Å². The van der Waals surface area contributed by atoms with E-state index in [1.165, 1.54) is 38.9 Å². The van der Waals surface area contributed by atoms with Crippen molar-refractivity contribution in [3.8, 4) is 0 Å². The zero-order valence-corrected chi connectivity index (χ0v) is 11.0. The third kappa shape index (κ3) is 7.53. The molecule has 0 unspecified atom stereocenters. The Kier molecular flexibility index (Phi) is 9.08. The smallest absolute Gasteiger partial charge is 0.302 e. The Morgan fingerprint density at radius 3 is 2.59 bits per heavy atom. The van der Waals surface area contributed by atoms with E-state index in [-0.39, 0.29) is 5.97 Å². The van der Waals surface area contributed by atoms with Gasteiger partial charge in [0.25, 0.3) is 0 Å². The van der Waals surface area contributed by atoms with E-state index in [4.69, 9.17) is 0 Å². The Bertz CT molecular complexity index is 309. The van der Waals surface area contributed by atoms with Gasteiger partial charge in [0.2, 0.25) is 0 Å². The summed E-state index contributed by atoms with van der Waals surface area (Å²) in [5.41, 5.74) is 2.18. The summed E-state index contributed by atoms with van der Waals surface area (Å²) in [5, 5.41) is 0. The third-order valence-electron chi connectivity index (χ3n) is 2.63. The summed E-state index contributed by atoms with van der Waals surface area (Å²) in [7, 11) is 1.35. The Morgan fingerprint density at radius 2 is 2.12 bits per heavy atom. The van der Waals surface area contributed by atoms with E-state index in [1.807, 2.05) is 5.94 Å². The molecule has 0 saturated heterocycles. The average Bonchev–Trinajstić information content (AvgIpc) is 2.77. The normalized spacial score (nSPS) is 13.4. The average molecular weight is 238 g/mol. The van der Waals surface area contributed by atoms with Gasteiger partial charge in [-0.1, -0.05) is 25.8 Å². The molecule has 0 aromatic rings. The second-order valence-electron chi connectivity index (χ2n) is 4.00. The van der Waals surface area contributed by atoms with Crippen LogP contribution in [0.1, 0.15) is 52.4 Å². The molecule has 0 spiro atoms. The molecule has 1 rings (SSSR count). The molecular weight excluding hydrogens is 216 g/mol. The van der Waals surface area contributed by atoms with E-state index in [0.29, 0.717) is 0 Å². The molecule has 0 saturated carbocycles. The zero-order valence-electron chi connectivity index (χ0n) is 11.0. The lowest BCUT2D eigenvalue weighted by Gasteiger charge is -2.00. The van der Waals surface area contributed by atoms with Crippen molar-refractivity contribution in [2.24, 2.45) is 0 Å². The molecule has 3 nitrogen and oxygen atoms in total. The number of methoxy groups -OCH3 is 1. The van der Waals surface area contributed by atoms with E-state index in [2.05, 4.69) is 17.7 Å². The number of allylic oxidation sites excluding steroid dienone is 3. The minimum absolute atomic E-state index is 0.245. The van der Waals surface area contributed by atoms with E-state index in [1.54, 1.807) is 0 Å². The number of rotatable bonds is 4. The Balaban J connectivity index is 0.000000437. The van der Waals surface area contributed by atoms with Crippen molar-refractivity contribution in [3.63, 3.8) is 0 Å². The fourth-order valence-electron chi connectivity index (χ4n) is 1.61. The second kappa shape index (κ2) is 9.86. The first kappa shape index (κ1) is 15.7. The molecule has 0 aliphatic heterocycles. The van der Waals surface area contributed by atoms with Gasteiger partial charge in [0.15, 0.2) is 0 Å². The summed E-state index contributed by atoms with van der Waals surface area (Å²) >= 11 is 0. The van der Waals surface area contributed by atoms with Gasteiger partial charge in [0.05, 0.1) is 7.11 Å². The maximum Gasteiger partial charge on any atom is 0.302 e. The predicted octanol–water partition coefficient (Wildman–Crippen LogP) is 3.22. The number of hydrogen-bond donors (Lipinski definition) is 0. The first-order valence-corrected chi connectivity index (χ1v) is 6.13. The van der Waals surface area contributed by atoms with Gasteiger partial charge in [-0.05, 0) is 31.3 Å². The molecule has 96 valence electrons. The summed E-state index contributed by atoms with van der Waals surface area (Å²) in [6, 6.07) is 0. The van der Waals surface area contributed by atoms with Crippen LogP contribution in [0, 0.1) is 0 Å². The van der Waals surface area contributed by atoms with Crippen molar-refractivity contribution in [2.45, 2.75) is 52.4 Å². The minimum Gasteiger partial charge on any atom is -0.469 e. The molecule has 0 fully saturated rings. The van der Waals surface area contributed by atoms with E-state index in [9.17, 15) is 9.59 Å². The summed E-state index contributed by atoms with van der Waals surface area (Å²) in [4.78, 5) is 20.0. The lowest BCUT2D eigenvalue weighted by atomic mass is 10.0. The third-order valence-corrected chi connectivity index (χ3v) is 2.63. The topological polar surface area (TPSA) is 43.4 Å².